The number of nitrogens with two attached hydrogens (primary N) is 1. The number of hydrogen-bond donors (Lipinski definition) is 4. The van der Waals surface area contributed by atoms with Crippen molar-refractivity contribution < 1.29 is 0 Å². The zero-order valence-electron chi connectivity index (χ0n) is 10.9. The maximum absolute atomic E-state index is 11.2. The highest BCUT2D eigenvalue weighted by Gasteiger charge is 2.00. The topological polar surface area (TPSA) is 86.7 Å². The fourth-order valence-electron chi connectivity index (χ4n) is 2.21. The SMILES string of the molecule is NCc1cccc(CNc2ccc3[nH]c(=O)[nH]c3c2)c1. The number of H-pyrrole nitrogens is 2. The van der Waals surface area contributed by atoms with Gasteiger partial charge in [-0.2, -0.15) is 0 Å². The molecule has 0 aliphatic heterocycles. The predicted octanol–water partition coefficient (Wildman–Crippen LogP) is 1.93. The summed E-state index contributed by atoms with van der Waals surface area (Å²) in [4.78, 5) is 16.7. The van der Waals surface area contributed by atoms with Crippen LogP contribution in [0.4, 0.5) is 5.69 Å². The normalized spacial score (nSPS) is 10.8. The minimum atomic E-state index is -0.187. The Morgan fingerprint density at radius 3 is 2.65 bits per heavy atom. The van der Waals surface area contributed by atoms with Crippen LogP contribution in [-0.2, 0) is 13.1 Å². The van der Waals surface area contributed by atoms with E-state index < -0.39 is 0 Å². The fraction of sp³-hybridized carbons (Fsp3) is 0.133. The van der Waals surface area contributed by atoms with Gasteiger partial charge < -0.3 is 21.0 Å². The molecule has 5 heteroatoms. The molecular formula is C15H16N4O. The van der Waals surface area contributed by atoms with E-state index in [4.69, 9.17) is 5.73 Å². The monoisotopic (exact) mass is 268 g/mol. The maximum Gasteiger partial charge on any atom is 0.323 e. The maximum atomic E-state index is 11.2. The Bertz CT molecular complexity index is 788. The lowest BCUT2D eigenvalue weighted by atomic mass is 10.1. The van der Waals surface area contributed by atoms with E-state index in [0.717, 1.165) is 22.3 Å². The zero-order valence-corrected chi connectivity index (χ0v) is 10.9. The number of benzene rings is 2. The van der Waals surface area contributed by atoms with Crippen LogP contribution in [0.2, 0.25) is 0 Å². The van der Waals surface area contributed by atoms with Gasteiger partial charge in [-0.1, -0.05) is 24.3 Å². The predicted molar refractivity (Wildman–Crippen MR) is 80.6 cm³/mol. The molecule has 3 rings (SSSR count). The number of nitrogens with one attached hydrogen (secondary N) is 3. The van der Waals surface area contributed by atoms with Crippen LogP contribution >= 0.6 is 0 Å². The molecule has 0 saturated heterocycles. The first-order valence-electron chi connectivity index (χ1n) is 6.48. The van der Waals surface area contributed by atoms with Crippen molar-refractivity contribution >= 4 is 16.7 Å². The molecule has 0 aliphatic rings. The number of fused-ring (bicyclic) bond motifs is 1. The first-order chi connectivity index (χ1) is 9.74. The Morgan fingerprint density at radius 1 is 1.00 bits per heavy atom. The van der Waals surface area contributed by atoms with Crippen LogP contribution in [0.25, 0.3) is 11.0 Å². The fourth-order valence-corrected chi connectivity index (χ4v) is 2.21. The number of imidazole rings is 1. The number of aromatic nitrogens is 2. The van der Waals surface area contributed by atoms with Crippen molar-refractivity contribution in [1.82, 2.24) is 9.97 Å². The Labute approximate surface area is 115 Å². The quantitative estimate of drug-likeness (QED) is 0.583. The molecule has 0 aliphatic carbocycles. The first-order valence-corrected chi connectivity index (χ1v) is 6.48. The van der Waals surface area contributed by atoms with Crippen LogP contribution in [0.3, 0.4) is 0 Å². The minimum absolute atomic E-state index is 0.187. The highest BCUT2D eigenvalue weighted by atomic mass is 16.1. The molecule has 0 radical (unpaired) electrons. The zero-order chi connectivity index (χ0) is 13.9. The standard InChI is InChI=1S/C15H16N4O/c16-8-10-2-1-3-11(6-10)9-17-12-4-5-13-14(7-12)19-15(20)18-13/h1-7,17H,8-9,16H2,(H2,18,19,20). The lowest BCUT2D eigenvalue weighted by Crippen LogP contribution is -2.02. The summed E-state index contributed by atoms with van der Waals surface area (Å²) >= 11 is 0. The van der Waals surface area contributed by atoms with Gasteiger partial charge in [0.2, 0.25) is 0 Å². The molecule has 3 aromatic rings. The van der Waals surface area contributed by atoms with Crippen molar-refractivity contribution in [1.29, 1.82) is 0 Å². The highest BCUT2D eigenvalue weighted by molar-refractivity contribution is 5.78. The molecule has 0 fully saturated rings. The van der Waals surface area contributed by atoms with E-state index in [0.29, 0.717) is 13.1 Å². The molecule has 0 unspecified atom stereocenters. The average Bonchev–Trinajstić information content (AvgIpc) is 2.84. The van der Waals surface area contributed by atoms with Gasteiger partial charge in [-0.15, -0.1) is 0 Å². The van der Waals surface area contributed by atoms with E-state index in [9.17, 15) is 4.79 Å². The molecule has 1 aromatic heterocycles. The molecule has 102 valence electrons. The molecule has 0 spiro atoms. The van der Waals surface area contributed by atoms with Gasteiger partial charge in [0.15, 0.2) is 0 Å². The second kappa shape index (κ2) is 5.22. The number of rotatable bonds is 4. The Balaban J connectivity index is 1.77. The number of aromatic amines is 2. The second-order valence-corrected chi connectivity index (χ2v) is 4.72. The van der Waals surface area contributed by atoms with Crippen LogP contribution in [0.5, 0.6) is 0 Å². The van der Waals surface area contributed by atoms with Crippen molar-refractivity contribution in [2.24, 2.45) is 5.73 Å². The van der Waals surface area contributed by atoms with E-state index >= 15 is 0 Å². The molecule has 0 bridgehead atoms. The van der Waals surface area contributed by atoms with Gasteiger partial charge in [-0.05, 0) is 29.3 Å². The summed E-state index contributed by atoms with van der Waals surface area (Å²) in [5, 5.41) is 3.34. The van der Waals surface area contributed by atoms with Crippen LogP contribution in [0.15, 0.2) is 47.3 Å². The Hall–Kier alpha value is -2.53. The third-order valence-electron chi connectivity index (χ3n) is 3.24. The Morgan fingerprint density at radius 2 is 1.80 bits per heavy atom. The average molecular weight is 268 g/mol. The van der Waals surface area contributed by atoms with Gasteiger partial charge in [0, 0.05) is 18.8 Å². The van der Waals surface area contributed by atoms with Crippen molar-refractivity contribution in [3.05, 3.63) is 64.1 Å². The Kier molecular flexibility index (Phi) is 3.26. The van der Waals surface area contributed by atoms with Gasteiger partial charge in [0.05, 0.1) is 11.0 Å². The van der Waals surface area contributed by atoms with E-state index in [1.165, 1.54) is 5.56 Å². The third-order valence-corrected chi connectivity index (χ3v) is 3.24. The summed E-state index contributed by atoms with van der Waals surface area (Å²) < 4.78 is 0. The van der Waals surface area contributed by atoms with Crippen LogP contribution < -0.4 is 16.7 Å². The summed E-state index contributed by atoms with van der Waals surface area (Å²) in [6.07, 6.45) is 0. The van der Waals surface area contributed by atoms with Crippen LogP contribution in [-0.4, -0.2) is 9.97 Å². The van der Waals surface area contributed by atoms with E-state index in [-0.39, 0.29) is 5.69 Å². The van der Waals surface area contributed by atoms with E-state index in [1.807, 2.05) is 30.3 Å². The molecule has 20 heavy (non-hydrogen) atoms. The lowest BCUT2D eigenvalue weighted by molar-refractivity contribution is 1.05. The van der Waals surface area contributed by atoms with Crippen molar-refractivity contribution in [3.8, 4) is 0 Å². The van der Waals surface area contributed by atoms with Gasteiger partial charge in [-0.3, -0.25) is 0 Å². The van der Waals surface area contributed by atoms with Gasteiger partial charge >= 0.3 is 5.69 Å². The van der Waals surface area contributed by atoms with Crippen molar-refractivity contribution in [2.75, 3.05) is 5.32 Å². The van der Waals surface area contributed by atoms with Gasteiger partial charge in [0.1, 0.15) is 0 Å². The first kappa shape index (κ1) is 12.5. The smallest absolute Gasteiger partial charge is 0.323 e. The second-order valence-electron chi connectivity index (χ2n) is 4.72. The van der Waals surface area contributed by atoms with Crippen molar-refractivity contribution in [3.63, 3.8) is 0 Å². The molecule has 0 saturated carbocycles. The lowest BCUT2D eigenvalue weighted by Gasteiger charge is -2.07. The summed E-state index contributed by atoms with van der Waals surface area (Å²) in [6.45, 7) is 1.26. The summed E-state index contributed by atoms with van der Waals surface area (Å²) in [7, 11) is 0. The molecule has 1 heterocycles. The van der Waals surface area contributed by atoms with Crippen LogP contribution in [0, 0.1) is 0 Å². The summed E-state index contributed by atoms with van der Waals surface area (Å²) in [5.74, 6) is 0. The molecule has 0 atom stereocenters. The van der Waals surface area contributed by atoms with Gasteiger partial charge in [0.25, 0.3) is 0 Å². The highest BCUT2D eigenvalue weighted by Crippen LogP contribution is 2.15. The molecule has 5 N–H and O–H groups in total. The van der Waals surface area contributed by atoms with Crippen LogP contribution in [0.1, 0.15) is 11.1 Å². The summed E-state index contributed by atoms with van der Waals surface area (Å²) in [6, 6.07) is 13.9. The third kappa shape index (κ3) is 2.57. The van der Waals surface area contributed by atoms with E-state index in [2.05, 4.69) is 27.4 Å². The van der Waals surface area contributed by atoms with Gasteiger partial charge in [-0.25, -0.2) is 4.79 Å². The molecule has 2 aromatic carbocycles. The molecule has 5 nitrogen and oxygen atoms in total. The molecular weight excluding hydrogens is 252 g/mol. The van der Waals surface area contributed by atoms with E-state index in [1.54, 1.807) is 0 Å². The number of hydrogen-bond acceptors (Lipinski definition) is 3. The largest absolute Gasteiger partial charge is 0.381 e. The minimum Gasteiger partial charge on any atom is -0.381 e. The molecule has 0 amide bonds. The van der Waals surface area contributed by atoms with Crippen molar-refractivity contribution in [2.45, 2.75) is 13.1 Å². The number of anilines is 1. The summed E-state index contributed by atoms with van der Waals surface area (Å²) in [5.41, 5.74) is 10.3.